The molecule has 1 atom stereocenters. The minimum Gasteiger partial charge on any atom is -0.371 e. The Labute approximate surface area is 210 Å². The molecule has 4 rings (SSSR count). The summed E-state index contributed by atoms with van der Waals surface area (Å²) in [7, 11) is 1.76. The van der Waals surface area contributed by atoms with Crippen molar-refractivity contribution >= 4 is 35.6 Å². The van der Waals surface area contributed by atoms with Gasteiger partial charge in [0.25, 0.3) is 0 Å². The molecular weight excluding hydrogens is 537 g/mol. The topological polar surface area (TPSA) is 57.5 Å². The van der Waals surface area contributed by atoms with Gasteiger partial charge in [-0.25, -0.2) is 8.78 Å². The van der Waals surface area contributed by atoms with Gasteiger partial charge in [0.15, 0.2) is 17.6 Å². The van der Waals surface area contributed by atoms with E-state index in [1.165, 1.54) is 23.3 Å². The predicted octanol–water partition coefficient (Wildman–Crippen LogP) is 4.02. The van der Waals surface area contributed by atoms with E-state index in [2.05, 4.69) is 37.8 Å². The lowest BCUT2D eigenvalue weighted by molar-refractivity contribution is 0.508. The first-order valence-corrected chi connectivity index (χ1v) is 10.8. The highest BCUT2D eigenvalue weighted by Gasteiger charge is 2.23. The highest BCUT2D eigenvalue weighted by atomic mass is 127. The molecule has 33 heavy (non-hydrogen) atoms. The maximum Gasteiger partial charge on any atom is 0.191 e. The van der Waals surface area contributed by atoms with Gasteiger partial charge in [0.2, 0.25) is 0 Å². The zero-order chi connectivity index (χ0) is 22.3. The SMILES string of the molecule is CN=C(NCc1ccccc1Cn1cccn1)NCC1CCN(c2ccc(F)c(F)c2)C1.I. The van der Waals surface area contributed by atoms with Crippen LogP contribution in [0.3, 0.4) is 0 Å². The van der Waals surface area contributed by atoms with Gasteiger partial charge in [-0.05, 0) is 41.7 Å². The van der Waals surface area contributed by atoms with Crippen molar-refractivity contribution in [2.75, 3.05) is 31.6 Å². The molecular formula is C24H29F2IN6. The first kappa shape index (κ1) is 24.9. The molecule has 0 aliphatic carbocycles. The summed E-state index contributed by atoms with van der Waals surface area (Å²) in [6.45, 7) is 3.75. The number of benzene rings is 2. The van der Waals surface area contributed by atoms with Crippen LogP contribution in [0.5, 0.6) is 0 Å². The number of aromatic nitrogens is 2. The summed E-state index contributed by atoms with van der Waals surface area (Å²) in [6.07, 6.45) is 4.72. The first-order valence-electron chi connectivity index (χ1n) is 10.8. The van der Waals surface area contributed by atoms with Gasteiger partial charge in [0, 0.05) is 57.4 Å². The van der Waals surface area contributed by atoms with Crippen molar-refractivity contribution in [2.45, 2.75) is 19.5 Å². The average molecular weight is 566 g/mol. The number of nitrogens with zero attached hydrogens (tertiary/aromatic N) is 4. The molecule has 1 unspecified atom stereocenters. The second-order valence-corrected chi connectivity index (χ2v) is 7.98. The highest BCUT2D eigenvalue weighted by molar-refractivity contribution is 14.0. The summed E-state index contributed by atoms with van der Waals surface area (Å²) in [5.41, 5.74) is 3.12. The van der Waals surface area contributed by atoms with E-state index in [1.807, 2.05) is 29.1 Å². The molecule has 0 radical (unpaired) electrons. The van der Waals surface area contributed by atoms with Gasteiger partial charge in [-0.3, -0.25) is 9.67 Å². The van der Waals surface area contributed by atoms with Crippen LogP contribution in [0.2, 0.25) is 0 Å². The van der Waals surface area contributed by atoms with Crippen LogP contribution in [0, 0.1) is 17.6 Å². The lowest BCUT2D eigenvalue weighted by atomic mass is 10.1. The molecule has 3 aromatic rings. The van der Waals surface area contributed by atoms with Crippen LogP contribution in [0.4, 0.5) is 14.5 Å². The number of hydrogen-bond donors (Lipinski definition) is 2. The number of aliphatic imine (C=N–C) groups is 1. The highest BCUT2D eigenvalue weighted by Crippen LogP contribution is 2.25. The van der Waals surface area contributed by atoms with E-state index < -0.39 is 11.6 Å². The maximum atomic E-state index is 13.5. The number of anilines is 1. The summed E-state index contributed by atoms with van der Waals surface area (Å²) in [5, 5.41) is 11.1. The second kappa shape index (κ2) is 12.0. The fourth-order valence-corrected chi connectivity index (χ4v) is 4.01. The van der Waals surface area contributed by atoms with Crippen molar-refractivity contribution in [3.05, 3.63) is 83.7 Å². The Morgan fingerprint density at radius 3 is 2.64 bits per heavy atom. The molecule has 0 bridgehead atoms. The Bertz CT molecular complexity index is 1060. The lowest BCUT2D eigenvalue weighted by Crippen LogP contribution is -2.40. The Morgan fingerprint density at radius 2 is 1.91 bits per heavy atom. The van der Waals surface area contributed by atoms with Crippen LogP contribution in [0.1, 0.15) is 17.5 Å². The van der Waals surface area contributed by atoms with E-state index in [9.17, 15) is 8.78 Å². The Balaban J connectivity index is 0.00000306. The normalized spacial score (nSPS) is 15.9. The lowest BCUT2D eigenvalue weighted by Gasteiger charge is -2.20. The molecule has 1 aliphatic rings. The molecule has 1 fully saturated rings. The molecule has 9 heteroatoms. The standard InChI is InChI=1S/C24H28F2N6.HI/c1-27-24(29-15-19-5-2-3-6-20(19)17-32-11-4-10-30-32)28-14-18-9-12-31(16-18)21-7-8-22(25)23(26)13-21;/h2-8,10-11,13,18H,9,12,14-17H2,1H3,(H2,27,28,29);1H. The van der Waals surface area contributed by atoms with E-state index in [1.54, 1.807) is 19.3 Å². The molecule has 2 heterocycles. The molecule has 6 nitrogen and oxygen atoms in total. The van der Waals surface area contributed by atoms with Crippen LogP contribution < -0.4 is 15.5 Å². The van der Waals surface area contributed by atoms with Gasteiger partial charge in [0.1, 0.15) is 0 Å². The summed E-state index contributed by atoms with van der Waals surface area (Å²) in [4.78, 5) is 6.43. The minimum absolute atomic E-state index is 0. The van der Waals surface area contributed by atoms with Gasteiger partial charge in [0.05, 0.1) is 6.54 Å². The first-order chi connectivity index (χ1) is 15.6. The summed E-state index contributed by atoms with van der Waals surface area (Å²) in [6, 6.07) is 14.3. The predicted molar refractivity (Wildman–Crippen MR) is 138 cm³/mol. The zero-order valence-electron chi connectivity index (χ0n) is 18.5. The third kappa shape index (κ3) is 6.66. The monoisotopic (exact) mass is 566 g/mol. The van der Waals surface area contributed by atoms with E-state index in [0.717, 1.165) is 44.2 Å². The third-order valence-electron chi connectivity index (χ3n) is 5.79. The fourth-order valence-electron chi connectivity index (χ4n) is 4.01. The summed E-state index contributed by atoms with van der Waals surface area (Å²) >= 11 is 0. The molecule has 1 saturated heterocycles. The maximum absolute atomic E-state index is 13.5. The molecule has 2 N–H and O–H groups in total. The van der Waals surface area contributed by atoms with Gasteiger partial charge < -0.3 is 15.5 Å². The number of rotatable bonds is 7. The van der Waals surface area contributed by atoms with Crippen molar-refractivity contribution < 1.29 is 8.78 Å². The van der Waals surface area contributed by atoms with Gasteiger partial charge >= 0.3 is 0 Å². The van der Waals surface area contributed by atoms with Crippen LogP contribution in [0.25, 0.3) is 0 Å². The molecule has 1 aromatic heterocycles. The molecule has 2 aromatic carbocycles. The molecule has 0 amide bonds. The minimum atomic E-state index is -0.813. The van der Waals surface area contributed by atoms with Crippen molar-refractivity contribution in [1.82, 2.24) is 20.4 Å². The largest absolute Gasteiger partial charge is 0.371 e. The van der Waals surface area contributed by atoms with Crippen molar-refractivity contribution in [2.24, 2.45) is 10.9 Å². The number of halogens is 3. The van der Waals surface area contributed by atoms with Crippen LogP contribution in [-0.2, 0) is 13.1 Å². The van der Waals surface area contributed by atoms with Crippen molar-refractivity contribution in [3.8, 4) is 0 Å². The third-order valence-corrected chi connectivity index (χ3v) is 5.79. The Hall–Kier alpha value is -2.69. The summed E-state index contributed by atoms with van der Waals surface area (Å²) in [5.74, 6) is -0.479. The van der Waals surface area contributed by atoms with Crippen LogP contribution >= 0.6 is 24.0 Å². The van der Waals surface area contributed by atoms with Crippen molar-refractivity contribution in [1.29, 1.82) is 0 Å². The molecule has 1 aliphatic heterocycles. The number of guanidine groups is 1. The van der Waals surface area contributed by atoms with Crippen LogP contribution in [0.15, 0.2) is 65.9 Å². The number of hydrogen-bond acceptors (Lipinski definition) is 3. The van der Waals surface area contributed by atoms with Gasteiger partial charge in [-0.15, -0.1) is 24.0 Å². The molecule has 0 saturated carbocycles. The van der Waals surface area contributed by atoms with Gasteiger partial charge in [-0.2, -0.15) is 5.10 Å². The van der Waals surface area contributed by atoms with Gasteiger partial charge in [-0.1, -0.05) is 24.3 Å². The second-order valence-electron chi connectivity index (χ2n) is 7.98. The van der Waals surface area contributed by atoms with Crippen LogP contribution in [-0.4, -0.2) is 42.4 Å². The van der Waals surface area contributed by atoms with E-state index in [0.29, 0.717) is 12.5 Å². The average Bonchev–Trinajstić information content (AvgIpc) is 3.49. The smallest absolute Gasteiger partial charge is 0.191 e. The molecule has 0 spiro atoms. The Kier molecular flexibility index (Phi) is 9.04. The number of nitrogens with one attached hydrogen (secondary N) is 2. The molecule has 176 valence electrons. The summed E-state index contributed by atoms with van der Waals surface area (Å²) < 4.78 is 28.7. The quantitative estimate of drug-likeness (QED) is 0.258. The van der Waals surface area contributed by atoms with E-state index in [4.69, 9.17) is 0 Å². The van der Waals surface area contributed by atoms with Crippen molar-refractivity contribution in [3.63, 3.8) is 0 Å². The fraction of sp³-hybridized carbons (Fsp3) is 0.333. The Morgan fingerprint density at radius 1 is 1.09 bits per heavy atom. The van der Waals surface area contributed by atoms with E-state index in [-0.39, 0.29) is 24.0 Å². The van der Waals surface area contributed by atoms with E-state index >= 15 is 0 Å². The zero-order valence-corrected chi connectivity index (χ0v) is 20.9.